The molecule has 2 atom stereocenters. The third kappa shape index (κ3) is 2.91. The number of nitrogens with one attached hydrogen (secondary N) is 1. The SMILES string of the molecule is Nc1cnc(Cl)cc1C(=O)NCC1CCCC1O. The summed E-state index contributed by atoms with van der Waals surface area (Å²) in [6, 6.07) is 1.44. The van der Waals surface area contributed by atoms with Gasteiger partial charge in [-0.15, -0.1) is 0 Å². The second kappa shape index (κ2) is 5.54. The molecule has 1 heterocycles. The molecule has 1 amide bonds. The molecule has 0 aliphatic heterocycles. The number of anilines is 1. The smallest absolute Gasteiger partial charge is 0.253 e. The van der Waals surface area contributed by atoms with E-state index in [4.69, 9.17) is 17.3 Å². The molecule has 5 nitrogen and oxygen atoms in total. The van der Waals surface area contributed by atoms with Crippen LogP contribution in [-0.2, 0) is 0 Å². The first kappa shape index (κ1) is 13.1. The molecule has 0 saturated heterocycles. The molecule has 6 heteroatoms. The van der Waals surface area contributed by atoms with Crippen molar-refractivity contribution in [3.8, 4) is 0 Å². The number of carbonyl (C=O) groups excluding carboxylic acids is 1. The van der Waals surface area contributed by atoms with Crippen molar-refractivity contribution in [1.29, 1.82) is 0 Å². The van der Waals surface area contributed by atoms with Gasteiger partial charge in [-0.25, -0.2) is 4.98 Å². The first-order valence-electron chi connectivity index (χ1n) is 5.95. The van der Waals surface area contributed by atoms with Gasteiger partial charge in [0.05, 0.1) is 23.6 Å². The van der Waals surface area contributed by atoms with Crippen molar-refractivity contribution in [3.63, 3.8) is 0 Å². The monoisotopic (exact) mass is 269 g/mol. The summed E-state index contributed by atoms with van der Waals surface area (Å²) in [4.78, 5) is 15.7. The maximum absolute atomic E-state index is 11.9. The topological polar surface area (TPSA) is 88.2 Å². The van der Waals surface area contributed by atoms with E-state index < -0.39 is 0 Å². The minimum atomic E-state index is -0.316. The minimum Gasteiger partial charge on any atom is -0.397 e. The van der Waals surface area contributed by atoms with Gasteiger partial charge in [-0.05, 0) is 18.9 Å². The molecule has 2 unspecified atom stereocenters. The number of aromatic nitrogens is 1. The van der Waals surface area contributed by atoms with Gasteiger partial charge < -0.3 is 16.2 Å². The van der Waals surface area contributed by atoms with E-state index in [0.717, 1.165) is 19.3 Å². The Bertz CT molecular complexity index is 453. The Morgan fingerprint density at radius 3 is 3.06 bits per heavy atom. The Balaban J connectivity index is 1.97. The number of rotatable bonds is 3. The summed E-state index contributed by atoms with van der Waals surface area (Å²) in [5.41, 5.74) is 6.29. The van der Waals surface area contributed by atoms with Gasteiger partial charge in [0.15, 0.2) is 0 Å². The molecule has 2 rings (SSSR count). The number of nitrogens with zero attached hydrogens (tertiary/aromatic N) is 1. The summed E-state index contributed by atoms with van der Waals surface area (Å²) in [7, 11) is 0. The zero-order valence-electron chi connectivity index (χ0n) is 9.90. The zero-order chi connectivity index (χ0) is 13.1. The van der Waals surface area contributed by atoms with Crippen LogP contribution in [0.15, 0.2) is 12.3 Å². The Labute approximate surface area is 110 Å². The van der Waals surface area contributed by atoms with E-state index in [2.05, 4.69) is 10.3 Å². The molecule has 1 aromatic heterocycles. The third-order valence-corrected chi connectivity index (χ3v) is 3.50. The van der Waals surface area contributed by atoms with Crippen molar-refractivity contribution in [2.24, 2.45) is 5.92 Å². The van der Waals surface area contributed by atoms with Gasteiger partial charge in [-0.2, -0.15) is 0 Å². The van der Waals surface area contributed by atoms with Crippen LogP contribution in [0.25, 0.3) is 0 Å². The predicted octanol–water partition coefficient (Wildman–Crippen LogP) is 1.21. The normalized spacial score (nSPS) is 23.0. The number of aliphatic hydroxyl groups is 1. The van der Waals surface area contributed by atoms with Crippen molar-refractivity contribution in [2.75, 3.05) is 12.3 Å². The Kier molecular flexibility index (Phi) is 4.04. The fourth-order valence-corrected chi connectivity index (χ4v) is 2.37. The summed E-state index contributed by atoms with van der Waals surface area (Å²) in [6.45, 7) is 0.458. The van der Waals surface area contributed by atoms with Gasteiger partial charge in [-0.1, -0.05) is 18.0 Å². The van der Waals surface area contributed by atoms with Crippen LogP contribution in [0.2, 0.25) is 5.15 Å². The standard InChI is InChI=1S/C12H16ClN3O2/c13-11-4-8(9(14)6-15-11)12(18)16-5-7-2-1-3-10(7)17/h4,6-7,10,17H,1-3,5,14H2,(H,16,18). The van der Waals surface area contributed by atoms with E-state index in [-0.39, 0.29) is 23.1 Å². The van der Waals surface area contributed by atoms with Crippen LogP contribution in [-0.4, -0.2) is 28.6 Å². The number of hydrogen-bond donors (Lipinski definition) is 3. The van der Waals surface area contributed by atoms with Crippen LogP contribution in [0.4, 0.5) is 5.69 Å². The number of aliphatic hydroxyl groups excluding tert-OH is 1. The van der Waals surface area contributed by atoms with E-state index >= 15 is 0 Å². The van der Waals surface area contributed by atoms with E-state index in [0.29, 0.717) is 17.8 Å². The van der Waals surface area contributed by atoms with E-state index in [1.54, 1.807) is 0 Å². The summed E-state index contributed by atoms with van der Waals surface area (Å²) in [5.74, 6) is -0.150. The second-order valence-electron chi connectivity index (χ2n) is 4.56. The molecule has 4 N–H and O–H groups in total. The lowest BCUT2D eigenvalue weighted by atomic mass is 10.1. The number of halogens is 1. The van der Waals surface area contributed by atoms with Crippen LogP contribution in [0.1, 0.15) is 29.6 Å². The summed E-state index contributed by atoms with van der Waals surface area (Å²) in [5, 5.41) is 12.7. The first-order chi connectivity index (χ1) is 8.58. The zero-order valence-corrected chi connectivity index (χ0v) is 10.7. The molecule has 0 aromatic carbocycles. The quantitative estimate of drug-likeness (QED) is 0.720. The van der Waals surface area contributed by atoms with Crippen molar-refractivity contribution < 1.29 is 9.90 Å². The highest BCUT2D eigenvalue weighted by atomic mass is 35.5. The first-order valence-corrected chi connectivity index (χ1v) is 6.33. The van der Waals surface area contributed by atoms with E-state index in [9.17, 15) is 9.90 Å². The third-order valence-electron chi connectivity index (χ3n) is 3.29. The van der Waals surface area contributed by atoms with Crippen LogP contribution >= 0.6 is 11.6 Å². The van der Waals surface area contributed by atoms with Crippen LogP contribution in [0.3, 0.4) is 0 Å². The van der Waals surface area contributed by atoms with Gasteiger partial charge in [0.2, 0.25) is 0 Å². The highest BCUT2D eigenvalue weighted by molar-refractivity contribution is 6.29. The van der Waals surface area contributed by atoms with Crippen LogP contribution in [0, 0.1) is 5.92 Å². The fraction of sp³-hybridized carbons (Fsp3) is 0.500. The highest BCUT2D eigenvalue weighted by Gasteiger charge is 2.25. The molecular weight excluding hydrogens is 254 g/mol. The Hall–Kier alpha value is -1.33. The molecule has 1 aromatic rings. The average Bonchev–Trinajstić information content (AvgIpc) is 2.75. The van der Waals surface area contributed by atoms with Gasteiger partial charge in [0.25, 0.3) is 5.91 Å². The number of carbonyl (C=O) groups is 1. The second-order valence-corrected chi connectivity index (χ2v) is 4.95. The number of pyridine rings is 1. The van der Waals surface area contributed by atoms with Gasteiger partial charge >= 0.3 is 0 Å². The van der Waals surface area contributed by atoms with Crippen molar-refractivity contribution in [2.45, 2.75) is 25.4 Å². The lowest BCUT2D eigenvalue weighted by molar-refractivity contribution is 0.0917. The van der Waals surface area contributed by atoms with E-state index in [1.165, 1.54) is 12.3 Å². The molecule has 18 heavy (non-hydrogen) atoms. The number of amides is 1. The van der Waals surface area contributed by atoms with E-state index in [1.807, 2.05) is 0 Å². The maximum Gasteiger partial charge on any atom is 0.253 e. The number of nitrogens with two attached hydrogens (primary N) is 1. The van der Waals surface area contributed by atoms with Gasteiger partial charge in [-0.3, -0.25) is 4.79 Å². The molecular formula is C12H16ClN3O2. The lowest BCUT2D eigenvalue weighted by Crippen LogP contribution is -2.32. The predicted molar refractivity (Wildman–Crippen MR) is 69.3 cm³/mol. The molecule has 0 spiro atoms. The molecule has 1 aliphatic rings. The lowest BCUT2D eigenvalue weighted by Gasteiger charge is -2.15. The molecule has 98 valence electrons. The van der Waals surface area contributed by atoms with Crippen molar-refractivity contribution in [3.05, 3.63) is 23.0 Å². The van der Waals surface area contributed by atoms with Gasteiger partial charge in [0.1, 0.15) is 5.15 Å². The average molecular weight is 270 g/mol. The Morgan fingerprint density at radius 1 is 1.61 bits per heavy atom. The summed E-state index contributed by atoms with van der Waals surface area (Å²) >= 11 is 5.72. The van der Waals surface area contributed by atoms with Crippen LogP contribution in [0.5, 0.6) is 0 Å². The summed E-state index contributed by atoms with van der Waals surface area (Å²) < 4.78 is 0. The van der Waals surface area contributed by atoms with Crippen molar-refractivity contribution >= 4 is 23.2 Å². The largest absolute Gasteiger partial charge is 0.397 e. The molecule has 1 saturated carbocycles. The molecule has 1 fully saturated rings. The number of nitrogen functional groups attached to an aromatic ring is 1. The van der Waals surface area contributed by atoms with Gasteiger partial charge in [0, 0.05) is 12.5 Å². The minimum absolute atomic E-state index is 0.132. The highest BCUT2D eigenvalue weighted by Crippen LogP contribution is 2.24. The maximum atomic E-state index is 11.9. The van der Waals surface area contributed by atoms with Crippen LogP contribution < -0.4 is 11.1 Å². The Morgan fingerprint density at radius 2 is 2.39 bits per heavy atom. The molecule has 0 bridgehead atoms. The molecule has 1 aliphatic carbocycles. The molecule has 0 radical (unpaired) electrons. The number of hydrogen-bond acceptors (Lipinski definition) is 4. The summed E-state index contributed by atoms with van der Waals surface area (Å²) in [6.07, 6.45) is 3.80. The van der Waals surface area contributed by atoms with Crippen molar-refractivity contribution in [1.82, 2.24) is 10.3 Å². The fourth-order valence-electron chi connectivity index (χ4n) is 2.21.